The van der Waals surface area contributed by atoms with Crippen LogP contribution in [0.4, 0.5) is 0 Å². The summed E-state index contributed by atoms with van der Waals surface area (Å²) in [5.41, 5.74) is -0.529. The topological polar surface area (TPSA) is 76.8 Å². The Morgan fingerprint density at radius 2 is 1.89 bits per heavy atom. The molecule has 1 aliphatic carbocycles. The Morgan fingerprint density at radius 1 is 1.11 bits per heavy atom. The minimum absolute atomic E-state index is 0.176. The molecule has 0 spiro atoms. The Morgan fingerprint density at radius 3 is 2.78 bits per heavy atom. The third kappa shape index (κ3) is 3.61. The summed E-state index contributed by atoms with van der Waals surface area (Å²) in [6.07, 6.45) is 6.74. The first-order valence-electron chi connectivity index (χ1n) is 9.63. The van der Waals surface area contributed by atoms with Gasteiger partial charge in [0.15, 0.2) is 6.61 Å². The molecule has 6 nitrogen and oxygen atoms in total. The van der Waals surface area contributed by atoms with Crippen molar-refractivity contribution in [2.75, 3.05) is 13.2 Å². The smallest absolute Gasteiger partial charge is 0.351 e. The van der Waals surface area contributed by atoms with E-state index in [1.165, 1.54) is 25.3 Å². The maximum absolute atomic E-state index is 12.6. The molecule has 27 heavy (non-hydrogen) atoms. The van der Waals surface area contributed by atoms with Crippen molar-refractivity contribution in [3.8, 4) is 0 Å². The van der Waals surface area contributed by atoms with Crippen LogP contribution < -0.4 is 5.63 Å². The lowest BCUT2D eigenvalue weighted by Gasteiger charge is -2.44. The first-order valence-corrected chi connectivity index (χ1v) is 9.63. The SMILES string of the molecule is O=C(OCC(=O)N1CCC[C@@H]2CCCC[C@@H]21)c1cc2ccccc2oc1=O. The van der Waals surface area contributed by atoms with E-state index < -0.39 is 11.6 Å². The number of hydrogen-bond acceptors (Lipinski definition) is 5. The molecule has 1 saturated heterocycles. The fraction of sp³-hybridized carbons (Fsp3) is 0.476. The fourth-order valence-corrected chi connectivity index (χ4v) is 4.43. The Balaban J connectivity index is 1.43. The minimum atomic E-state index is -0.819. The third-order valence-corrected chi connectivity index (χ3v) is 5.75. The monoisotopic (exact) mass is 369 g/mol. The standard InChI is InChI=1S/C21H23NO5/c23-19(22-11-5-8-14-6-1-3-9-17(14)22)13-26-20(24)16-12-15-7-2-4-10-18(15)27-21(16)25/h2,4,7,10,12,14,17H,1,3,5-6,8-9,11,13H2/t14-,17-/m0/s1. The molecule has 6 heteroatoms. The second-order valence-electron chi connectivity index (χ2n) is 7.40. The number of para-hydroxylation sites is 1. The van der Waals surface area contributed by atoms with Crippen LogP contribution in [0.1, 0.15) is 48.9 Å². The molecule has 2 aromatic rings. The van der Waals surface area contributed by atoms with E-state index in [1.54, 1.807) is 24.3 Å². The van der Waals surface area contributed by atoms with E-state index in [1.807, 2.05) is 4.90 Å². The molecule has 1 amide bonds. The van der Waals surface area contributed by atoms with E-state index in [-0.39, 0.29) is 24.1 Å². The highest BCUT2D eigenvalue weighted by Gasteiger charge is 2.35. The van der Waals surface area contributed by atoms with Gasteiger partial charge in [-0.2, -0.15) is 0 Å². The number of ether oxygens (including phenoxy) is 1. The number of esters is 1. The first kappa shape index (κ1) is 17.8. The third-order valence-electron chi connectivity index (χ3n) is 5.75. The summed E-state index contributed by atoms with van der Waals surface area (Å²) in [7, 11) is 0. The van der Waals surface area contributed by atoms with Gasteiger partial charge in [-0.05, 0) is 43.7 Å². The molecular weight excluding hydrogens is 346 g/mol. The lowest BCUT2D eigenvalue weighted by Crippen LogP contribution is -2.50. The van der Waals surface area contributed by atoms with Gasteiger partial charge in [0.1, 0.15) is 11.1 Å². The maximum Gasteiger partial charge on any atom is 0.351 e. The van der Waals surface area contributed by atoms with Gasteiger partial charge in [0, 0.05) is 18.0 Å². The molecule has 2 aliphatic rings. The van der Waals surface area contributed by atoms with Crippen LogP contribution in [0, 0.1) is 5.92 Å². The average Bonchev–Trinajstić information content (AvgIpc) is 2.70. The van der Waals surface area contributed by atoms with Gasteiger partial charge in [0.25, 0.3) is 5.91 Å². The van der Waals surface area contributed by atoms with E-state index in [4.69, 9.17) is 9.15 Å². The summed E-state index contributed by atoms with van der Waals surface area (Å²) in [6, 6.07) is 8.66. The van der Waals surface area contributed by atoms with Crippen LogP contribution in [-0.4, -0.2) is 36.0 Å². The average molecular weight is 369 g/mol. The molecule has 2 heterocycles. The number of carbonyl (C=O) groups is 2. The summed E-state index contributed by atoms with van der Waals surface area (Å²) in [5.74, 6) is -0.426. The van der Waals surface area contributed by atoms with Gasteiger partial charge in [0.2, 0.25) is 0 Å². The highest BCUT2D eigenvalue weighted by molar-refractivity contribution is 5.94. The predicted octanol–water partition coefficient (Wildman–Crippen LogP) is 3.13. The Kier molecular flexibility index (Phi) is 4.97. The van der Waals surface area contributed by atoms with E-state index in [2.05, 4.69) is 0 Å². The van der Waals surface area contributed by atoms with Gasteiger partial charge in [-0.25, -0.2) is 9.59 Å². The van der Waals surface area contributed by atoms with Crippen LogP contribution in [0.5, 0.6) is 0 Å². The van der Waals surface area contributed by atoms with E-state index in [9.17, 15) is 14.4 Å². The summed E-state index contributed by atoms with van der Waals surface area (Å²) in [4.78, 5) is 38.9. The van der Waals surface area contributed by atoms with Crippen LogP contribution in [0.3, 0.4) is 0 Å². The molecule has 1 saturated carbocycles. The number of amides is 1. The normalized spacial score (nSPS) is 22.3. The maximum atomic E-state index is 12.6. The second-order valence-corrected chi connectivity index (χ2v) is 7.40. The van der Waals surface area contributed by atoms with Gasteiger partial charge < -0.3 is 14.1 Å². The fourth-order valence-electron chi connectivity index (χ4n) is 4.43. The van der Waals surface area contributed by atoms with Crippen molar-refractivity contribution in [3.05, 3.63) is 46.3 Å². The van der Waals surface area contributed by atoms with Crippen molar-refractivity contribution in [2.45, 2.75) is 44.6 Å². The van der Waals surface area contributed by atoms with Gasteiger partial charge in [-0.3, -0.25) is 4.79 Å². The van der Waals surface area contributed by atoms with Crippen molar-refractivity contribution in [1.82, 2.24) is 4.90 Å². The Bertz CT molecular complexity index is 916. The van der Waals surface area contributed by atoms with Crippen molar-refractivity contribution in [2.24, 2.45) is 5.92 Å². The quantitative estimate of drug-likeness (QED) is 0.614. The molecule has 0 N–H and O–H groups in total. The van der Waals surface area contributed by atoms with Gasteiger partial charge in [-0.15, -0.1) is 0 Å². The molecule has 0 unspecified atom stereocenters. The van der Waals surface area contributed by atoms with Crippen LogP contribution in [0.15, 0.2) is 39.5 Å². The van der Waals surface area contributed by atoms with Crippen LogP contribution in [0.25, 0.3) is 11.0 Å². The number of nitrogens with zero attached hydrogens (tertiary/aromatic N) is 1. The van der Waals surface area contributed by atoms with Gasteiger partial charge in [-0.1, -0.05) is 31.0 Å². The van der Waals surface area contributed by atoms with Gasteiger partial charge in [0.05, 0.1) is 0 Å². The van der Waals surface area contributed by atoms with Crippen molar-refractivity contribution >= 4 is 22.8 Å². The van der Waals surface area contributed by atoms with Gasteiger partial charge >= 0.3 is 11.6 Å². The summed E-state index contributed by atoms with van der Waals surface area (Å²) in [6.45, 7) is 0.379. The summed E-state index contributed by atoms with van der Waals surface area (Å²) < 4.78 is 10.3. The van der Waals surface area contributed by atoms with Crippen LogP contribution >= 0.6 is 0 Å². The molecule has 0 bridgehead atoms. The molecule has 2 atom stereocenters. The molecule has 142 valence electrons. The minimum Gasteiger partial charge on any atom is -0.452 e. The molecule has 1 aromatic carbocycles. The van der Waals surface area contributed by atoms with E-state index >= 15 is 0 Å². The summed E-state index contributed by atoms with van der Waals surface area (Å²) in [5, 5.41) is 0.636. The van der Waals surface area contributed by atoms with E-state index in [0.717, 1.165) is 25.8 Å². The number of benzene rings is 1. The zero-order valence-corrected chi connectivity index (χ0v) is 15.2. The predicted molar refractivity (Wildman–Crippen MR) is 99.5 cm³/mol. The zero-order chi connectivity index (χ0) is 18.8. The molecule has 1 aliphatic heterocycles. The molecule has 1 aromatic heterocycles. The highest BCUT2D eigenvalue weighted by Crippen LogP contribution is 2.35. The Labute approximate surface area is 157 Å². The number of rotatable bonds is 3. The number of carbonyl (C=O) groups excluding carboxylic acids is 2. The zero-order valence-electron chi connectivity index (χ0n) is 15.2. The van der Waals surface area contributed by atoms with Crippen molar-refractivity contribution < 1.29 is 18.7 Å². The number of piperidine rings is 1. The second kappa shape index (κ2) is 7.55. The highest BCUT2D eigenvalue weighted by atomic mass is 16.5. The van der Waals surface area contributed by atoms with Crippen LogP contribution in [0.2, 0.25) is 0 Å². The molecule has 0 radical (unpaired) electrons. The molecule has 2 fully saturated rings. The number of fused-ring (bicyclic) bond motifs is 2. The largest absolute Gasteiger partial charge is 0.452 e. The van der Waals surface area contributed by atoms with Crippen LogP contribution in [-0.2, 0) is 9.53 Å². The number of likely N-dealkylation sites (tertiary alicyclic amines) is 1. The van der Waals surface area contributed by atoms with Crippen molar-refractivity contribution in [1.29, 1.82) is 0 Å². The summed E-state index contributed by atoms with van der Waals surface area (Å²) >= 11 is 0. The number of hydrogen-bond donors (Lipinski definition) is 0. The lowest BCUT2D eigenvalue weighted by atomic mass is 9.78. The van der Waals surface area contributed by atoms with Crippen molar-refractivity contribution in [3.63, 3.8) is 0 Å². The van der Waals surface area contributed by atoms with E-state index in [0.29, 0.717) is 16.9 Å². The molecular formula is C21H23NO5. The first-order chi connectivity index (χ1) is 13.1. The lowest BCUT2D eigenvalue weighted by molar-refractivity contribution is -0.140. The Hall–Kier alpha value is -2.63. The molecule has 4 rings (SSSR count).